The molecule has 0 amide bonds. The van der Waals surface area contributed by atoms with Crippen molar-refractivity contribution in [2.75, 3.05) is 23.3 Å². The van der Waals surface area contributed by atoms with Crippen LogP contribution >= 0.6 is 0 Å². The summed E-state index contributed by atoms with van der Waals surface area (Å²) in [6.45, 7) is 4.28. The van der Waals surface area contributed by atoms with Crippen molar-refractivity contribution >= 4 is 17.3 Å². The van der Waals surface area contributed by atoms with Gasteiger partial charge in [0.05, 0.1) is 6.20 Å². The smallest absolute Gasteiger partial charge is 0.180 e. The Hall–Kier alpha value is -1.78. The molecule has 5 nitrogen and oxygen atoms in total. The Kier molecular flexibility index (Phi) is 3.20. The average molecular weight is 285 g/mol. The van der Waals surface area contributed by atoms with Crippen molar-refractivity contribution in [3.63, 3.8) is 0 Å². The third-order valence-corrected chi connectivity index (χ3v) is 4.32. The van der Waals surface area contributed by atoms with Gasteiger partial charge in [-0.25, -0.2) is 9.97 Å². The molecule has 2 aliphatic rings. The molecule has 0 spiro atoms. The highest BCUT2D eigenvalue weighted by Gasteiger charge is 2.35. The highest BCUT2D eigenvalue weighted by Crippen LogP contribution is 2.38. The number of anilines is 2. The lowest BCUT2D eigenvalue weighted by atomic mass is 10.3. The number of hydrogen-bond acceptors (Lipinski definition) is 4. The predicted octanol–water partition coefficient (Wildman–Crippen LogP) is 2.93. The molecule has 4 rings (SSSR count). The monoisotopic (exact) mass is 285 g/mol. The van der Waals surface area contributed by atoms with Crippen LogP contribution in [0.15, 0.2) is 18.6 Å². The minimum Gasteiger partial charge on any atom is -0.369 e. The van der Waals surface area contributed by atoms with Crippen LogP contribution in [0.5, 0.6) is 0 Å². The summed E-state index contributed by atoms with van der Waals surface area (Å²) in [4.78, 5) is 11.9. The minimum absolute atomic E-state index is 0.681. The minimum atomic E-state index is 0.681. The quantitative estimate of drug-likeness (QED) is 0.849. The molecule has 0 aliphatic heterocycles. The molecule has 2 aromatic rings. The van der Waals surface area contributed by atoms with Crippen molar-refractivity contribution in [1.29, 1.82) is 0 Å². The van der Waals surface area contributed by atoms with Crippen LogP contribution in [0.4, 0.5) is 11.6 Å². The number of nitrogens with zero attached hydrogens (tertiary/aromatic N) is 4. The van der Waals surface area contributed by atoms with Crippen LogP contribution in [-0.4, -0.2) is 33.5 Å². The van der Waals surface area contributed by atoms with Crippen LogP contribution in [0.2, 0.25) is 0 Å². The van der Waals surface area contributed by atoms with Crippen molar-refractivity contribution < 1.29 is 0 Å². The summed E-state index contributed by atoms with van der Waals surface area (Å²) >= 11 is 0. The normalized spacial score (nSPS) is 18.1. The highest BCUT2D eigenvalue weighted by molar-refractivity contribution is 5.67. The van der Waals surface area contributed by atoms with E-state index in [1.807, 2.05) is 18.6 Å². The molecule has 5 heteroatoms. The lowest BCUT2D eigenvalue weighted by molar-refractivity contribution is 0.709. The van der Waals surface area contributed by atoms with Gasteiger partial charge < -0.3 is 14.6 Å². The van der Waals surface area contributed by atoms with E-state index >= 15 is 0 Å². The molecule has 0 bridgehead atoms. The Balaban J connectivity index is 1.71. The van der Waals surface area contributed by atoms with Gasteiger partial charge in [0.25, 0.3) is 0 Å². The van der Waals surface area contributed by atoms with E-state index in [0.717, 1.165) is 42.7 Å². The van der Waals surface area contributed by atoms with Crippen molar-refractivity contribution in [3.05, 3.63) is 18.6 Å². The summed E-state index contributed by atoms with van der Waals surface area (Å²) in [6.07, 6.45) is 12.4. The lowest BCUT2D eigenvalue weighted by Gasteiger charge is -2.24. The lowest BCUT2D eigenvalue weighted by Crippen LogP contribution is -2.29. The number of hydrogen-bond donors (Lipinski definition) is 1. The van der Waals surface area contributed by atoms with E-state index in [4.69, 9.17) is 4.98 Å². The Morgan fingerprint density at radius 1 is 1.33 bits per heavy atom. The highest BCUT2D eigenvalue weighted by atomic mass is 15.3. The fourth-order valence-electron chi connectivity index (χ4n) is 2.82. The molecule has 21 heavy (non-hydrogen) atoms. The van der Waals surface area contributed by atoms with E-state index in [1.165, 1.54) is 25.7 Å². The average Bonchev–Trinajstić information content (AvgIpc) is 3.40. The molecule has 2 fully saturated rings. The standard InChI is InChI=1S/C16H23N5/c1-2-7-17-14-11-20-9-8-18-15(20)16(19-14)21(13-5-6-13)10-12-3-4-12/h8-9,11-13,17H,2-7,10H2,1H3. The van der Waals surface area contributed by atoms with E-state index in [2.05, 4.69) is 26.5 Å². The van der Waals surface area contributed by atoms with Crippen LogP contribution in [-0.2, 0) is 0 Å². The van der Waals surface area contributed by atoms with Crippen LogP contribution in [0, 0.1) is 5.92 Å². The van der Waals surface area contributed by atoms with Crippen molar-refractivity contribution in [2.45, 2.75) is 45.1 Å². The van der Waals surface area contributed by atoms with Crippen LogP contribution in [0.25, 0.3) is 5.65 Å². The molecule has 0 radical (unpaired) electrons. The van der Waals surface area contributed by atoms with Crippen LogP contribution in [0.1, 0.15) is 39.0 Å². The molecule has 1 N–H and O–H groups in total. The van der Waals surface area contributed by atoms with Crippen LogP contribution in [0.3, 0.4) is 0 Å². The molecule has 112 valence electrons. The Labute approximate surface area is 125 Å². The summed E-state index contributed by atoms with van der Waals surface area (Å²) in [5.74, 6) is 2.89. The fraction of sp³-hybridized carbons (Fsp3) is 0.625. The van der Waals surface area contributed by atoms with E-state index in [9.17, 15) is 0 Å². The zero-order chi connectivity index (χ0) is 14.2. The maximum Gasteiger partial charge on any atom is 0.180 e. The Bertz CT molecular complexity index is 627. The number of nitrogens with one attached hydrogen (secondary N) is 1. The Morgan fingerprint density at radius 3 is 2.90 bits per heavy atom. The number of aromatic nitrogens is 3. The molecule has 2 aromatic heterocycles. The third kappa shape index (κ3) is 2.69. The molecule has 2 heterocycles. The summed E-state index contributed by atoms with van der Waals surface area (Å²) in [5, 5.41) is 3.41. The topological polar surface area (TPSA) is 45.5 Å². The first-order valence-electron chi connectivity index (χ1n) is 8.19. The molecule has 0 unspecified atom stereocenters. The van der Waals surface area contributed by atoms with Crippen molar-refractivity contribution in [1.82, 2.24) is 14.4 Å². The summed E-state index contributed by atoms with van der Waals surface area (Å²) < 4.78 is 2.10. The van der Waals surface area contributed by atoms with Crippen LogP contribution < -0.4 is 10.2 Å². The summed E-state index contributed by atoms with van der Waals surface area (Å²) in [6, 6.07) is 0.681. The van der Waals surface area contributed by atoms with Crippen molar-refractivity contribution in [2.24, 2.45) is 5.92 Å². The van der Waals surface area contributed by atoms with Gasteiger partial charge in [-0.3, -0.25) is 0 Å². The molecule has 0 saturated heterocycles. The number of rotatable bonds is 7. The van der Waals surface area contributed by atoms with E-state index in [1.54, 1.807) is 0 Å². The maximum absolute atomic E-state index is 4.88. The fourth-order valence-corrected chi connectivity index (χ4v) is 2.82. The second-order valence-corrected chi connectivity index (χ2v) is 6.36. The second kappa shape index (κ2) is 5.20. The predicted molar refractivity (Wildman–Crippen MR) is 84.9 cm³/mol. The molecule has 2 aliphatic carbocycles. The first-order valence-corrected chi connectivity index (χ1v) is 8.19. The summed E-state index contributed by atoms with van der Waals surface area (Å²) in [5.41, 5.74) is 0.990. The third-order valence-electron chi connectivity index (χ3n) is 4.32. The van der Waals surface area contributed by atoms with Gasteiger partial charge in [0.15, 0.2) is 11.5 Å². The molecule has 0 atom stereocenters. The second-order valence-electron chi connectivity index (χ2n) is 6.36. The maximum atomic E-state index is 4.88. The van der Waals surface area contributed by atoms with Gasteiger partial charge in [-0.15, -0.1) is 0 Å². The van der Waals surface area contributed by atoms with Gasteiger partial charge in [-0.2, -0.15) is 0 Å². The van der Waals surface area contributed by atoms with Crippen molar-refractivity contribution in [3.8, 4) is 0 Å². The van der Waals surface area contributed by atoms with E-state index in [0.29, 0.717) is 6.04 Å². The molecular formula is C16H23N5. The van der Waals surface area contributed by atoms with Gasteiger partial charge in [-0.1, -0.05) is 6.92 Å². The van der Waals surface area contributed by atoms with Gasteiger partial charge in [0, 0.05) is 31.5 Å². The zero-order valence-electron chi connectivity index (χ0n) is 12.6. The first-order chi connectivity index (χ1) is 10.3. The molecule has 0 aromatic carbocycles. The largest absolute Gasteiger partial charge is 0.369 e. The van der Waals surface area contributed by atoms with Gasteiger partial charge >= 0.3 is 0 Å². The number of imidazole rings is 1. The first kappa shape index (κ1) is 12.9. The zero-order valence-corrected chi connectivity index (χ0v) is 12.6. The summed E-state index contributed by atoms with van der Waals surface area (Å²) in [7, 11) is 0. The SMILES string of the molecule is CCCNc1cn2ccnc2c(N(CC2CC2)C2CC2)n1. The van der Waals surface area contributed by atoms with E-state index < -0.39 is 0 Å². The van der Waals surface area contributed by atoms with E-state index in [-0.39, 0.29) is 0 Å². The molecule has 2 saturated carbocycles. The molecular weight excluding hydrogens is 262 g/mol. The number of fused-ring (bicyclic) bond motifs is 1. The van der Waals surface area contributed by atoms with Gasteiger partial charge in [0.1, 0.15) is 5.82 Å². The van der Waals surface area contributed by atoms with Gasteiger partial charge in [-0.05, 0) is 38.0 Å². The Morgan fingerprint density at radius 2 is 2.19 bits per heavy atom. The van der Waals surface area contributed by atoms with Gasteiger partial charge in [0.2, 0.25) is 0 Å².